The average Bonchev–Trinajstić information content (AvgIpc) is 2.74. The SMILES string of the molecule is CCCCCCOc1c(OC(=O)c2ccccc2)c2ccc(N)cc2n(C)c1=O. The second kappa shape index (κ2) is 9.28. The highest BCUT2D eigenvalue weighted by Crippen LogP contribution is 2.34. The minimum atomic E-state index is -0.548. The highest BCUT2D eigenvalue weighted by atomic mass is 16.6. The van der Waals surface area contributed by atoms with E-state index in [1.807, 2.05) is 6.07 Å². The summed E-state index contributed by atoms with van der Waals surface area (Å²) in [6.07, 6.45) is 4.05. The molecule has 1 heterocycles. The van der Waals surface area contributed by atoms with Gasteiger partial charge in [-0.3, -0.25) is 4.79 Å². The molecule has 0 amide bonds. The number of esters is 1. The third-order valence-electron chi connectivity index (χ3n) is 4.78. The fraction of sp³-hybridized carbons (Fsp3) is 0.304. The van der Waals surface area contributed by atoms with Crippen molar-refractivity contribution in [1.29, 1.82) is 0 Å². The Kier molecular flexibility index (Phi) is 6.54. The Balaban J connectivity index is 2.03. The molecule has 0 unspecified atom stereocenters. The summed E-state index contributed by atoms with van der Waals surface area (Å²) in [5, 5.41) is 0.592. The van der Waals surface area contributed by atoms with Crippen LogP contribution in [0.2, 0.25) is 0 Å². The van der Waals surface area contributed by atoms with Crippen LogP contribution in [0.25, 0.3) is 10.9 Å². The molecule has 0 atom stereocenters. The van der Waals surface area contributed by atoms with Gasteiger partial charge in [-0.05, 0) is 36.8 Å². The lowest BCUT2D eigenvalue weighted by Gasteiger charge is -2.16. The van der Waals surface area contributed by atoms with Gasteiger partial charge in [0.2, 0.25) is 5.75 Å². The third-order valence-corrected chi connectivity index (χ3v) is 4.78. The molecule has 3 aromatic rings. The van der Waals surface area contributed by atoms with Crippen molar-refractivity contribution in [1.82, 2.24) is 4.57 Å². The van der Waals surface area contributed by atoms with Gasteiger partial charge in [-0.25, -0.2) is 4.79 Å². The highest BCUT2D eigenvalue weighted by Gasteiger charge is 2.21. The van der Waals surface area contributed by atoms with Crippen molar-refractivity contribution in [3.05, 3.63) is 64.4 Å². The first-order chi connectivity index (χ1) is 14.0. The van der Waals surface area contributed by atoms with Gasteiger partial charge in [-0.15, -0.1) is 0 Å². The van der Waals surface area contributed by atoms with Crippen LogP contribution in [0, 0.1) is 0 Å². The summed E-state index contributed by atoms with van der Waals surface area (Å²) in [5.74, 6) is -0.370. The summed E-state index contributed by atoms with van der Waals surface area (Å²) in [6.45, 7) is 2.51. The van der Waals surface area contributed by atoms with Crippen LogP contribution in [-0.2, 0) is 7.05 Å². The second-order valence-corrected chi connectivity index (χ2v) is 6.96. The molecule has 0 radical (unpaired) electrons. The van der Waals surface area contributed by atoms with E-state index < -0.39 is 5.97 Å². The van der Waals surface area contributed by atoms with Crippen molar-refractivity contribution in [2.45, 2.75) is 32.6 Å². The van der Waals surface area contributed by atoms with Crippen LogP contribution in [0.3, 0.4) is 0 Å². The first kappa shape index (κ1) is 20.5. The molecule has 6 heteroatoms. The standard InChI is InChI=1S/C23H26N2O4/c1-3-4-5-9-14-28-21-20(29-23(27)16-10-7-6-8-11-16)18-13-12-17(24)15-19(18)25(2)22(21)26/h6-8,10-13,15H,3-5,9,14,24H2,1-2H3. The number of pyridine rings is 1. The lowest BCUT2D eigenvalue weighted by molar-refractivity contribution is 0.0730. The summed E-state index contributed by atoms with van der Waals surface area (Å²) >= 11 is 0. The monoisotopic (exact) mass is 394 g/mol. The number of ether oxygens (including phenoxy) is 2. The van der Waals surface area contributed by atoms with E-state index in [0.717, 1.165) is 25.7 Å². The minimum absolute atomic E-state index is 0.0468. The van der Waals surface area contributed by atoms with Crippen LogP contribution < -0.4 is 20.8 Å². The molecular formula is C23H26N2O4. The van der Waals surface area contributed by atoms with Gasteiger partial charge in [0.25, 0.3) is 5.56 Å². The molecule has 0 aliphatic rings. The number of carbonyl (C=O) groups is 1. The van der Waals surface area contributed by atoms with E-state index >= 15 is 0 Å². The Morgan fingerprint density at radius 3 is 2.52 bits per heavy atom. The maximum Gasteiger partial charge on any atom is 0.343 e. The summed E-state index contributed by atoms with van der Waals surface area (Å²) in [7, 11) is 1.65. The van der Waals surface area contributed by atoms with Crippen LogP contribution in [0.5, 0.6) is 11.5 Å². The number of nitrogen functional groups attached to an aromatic ring is 1. The maximum absolute atomic E-state index is 13.0. The molecule has 2 aromatic carbocycles. The molecule has 3 rings (SSSR count). The van der Waals surface area contributed by atoms with E-state index in [4.69, 9.17) is 15.2 Å². The van der Waals surface area contributed by atoms with Crippen LogP contribution in [0.1, 0.15) is 43.0 Å². The third kappa shape index (κ3) is 4.59. The Morgan fingerprint density at radius 2 is 1.79 bits per heavy atom. The smallest absolute Gasteiger partial charge is 0.343 e. The molecule has 152 valence electrons. The average molecular weight is 394 g/mol. The van der Waals surface area contributed by atoms with Crippen molar-refractivity contribution in [3.8, 4) is 11.5 Å². The van der Waals surface area contributed by atoms with E-state index in [9.17, 15) is 9.59 Å². The summed E-state index contributed by atoms with van der Waals surface area (Å²) < 4.78 is 13.0. The molecule has 29 heavy (non-hydrogen) atoms. The summed E-state index contributed by atoms with van der Waals surface area (Å²) in [4.78, 5) is 25.6. The molecule has 1 aromatic heterocycles. The minimum Gasteiger partial charge on any atom is -0.485 e. The molecule has 0 bridgehead atoms. The van der Waals surface area contributed by atoms with E-state index in [-0.39, 0.29) is 17.1 Å². The number of aryl methyl sites for hydroxylation is 1. The molecular weight excluding hydrogens is 368 g/mol. The van der Waals surface area contributed by atoms with Crippen LogP contribution in [0.15, 0.2) is 53.3 Å². The Labute approximate surface area is 169 Å². The number of unbranched alkanes of at least 4 members (excludes halogenated alkanes) is 3. The van der Waals surface area contributed by atoms with Gasteiger partial charge in [0, 0.05) is 18.1 Å². The lowest BCUT2D eigenvalue weighted by Crippen LogP contribution is -2.22. The van der Waals surface area contributed by atoms with E-state index in [2.05, 4.69) is 6.92 Å². The number of benzene rings is 2. The van der Waals surface area contributed by atoms with Gasteiger partial charge in [0.05, 0.1) is 17.7 Å². The normalized spacial score (nSPS) is 10.8. The molecule has 6 nitrogen and oxygen atoms in total. The fourth-order valence-corrected chi connectivity index (χ4v) is 3.16. The zero-order valence-corrected chi connectivity index (χ0v) is 16.8. The highest BCUT2D eigenvalue weighted by molar-refractivity contribution is 5.96. The molecule has 0 saturated heterocycles. The van der Waals surface area contributed by atoms with Gasteiger partial charge < -0.3 is 19.8 Å². The van der Waals surface area contributed by atoms with E-state index in [0.29, 0.717) is 28.8 Å². The largest absolute Gasteiger partial charge is 0.485 e. The van der Waals surface area contributed by atoms with Crippen molar-refractivity contribution in [3.63, 3.8) is 0 Å². The first-order valence-electron chi connectivity index (χ1n) is 9.85. The van der Waals surface area contributed by atoms with E-state index in [1.165, 1.54) is 4.57 Å². The van der Waals surface area contributed by atoms with Crippen molar-refractivity contribution in [2.24, 2.45) is 7.05 Å². The number of hydrogen-bond acceptors (Lipinski definition) is 5. The van der Waals surface area contributed by atoms with Crippen molar-refractivity contribution < 1.29 is 14.3 Å². The number of rotatable bonds is 8. The van der Waals surface area contributed by atoms with Crippen molar-refractivity contribution >= 4 is 22.6 Å². The summed E-state index contributed by atoms with van der Waals surface area (Å²) in [5.41, 5.74) is 7.01. The number of nitrogens with two attached hydrogens (primary N) is 1. The van der Waals surface area contributed by atoms with Gasteiger partial charge in [0.1, 0.15) is 0 Å². The molecule has 2 N–H and O–H groups in total. The number of fused-ring (bicyclic) bond motifs is 1. The number of aromatic nitrogens is 1. The van der Waals surface area contributed by atoms with Crippen LogP contribution >= 0.6 is 0 Å². The predicted molar refractivity (Wildman–Crippen MR) is 115 cm³/mol. The van der Waals surface area contributed by atoms with Gasteiger partial charge >= 0.3 is 5.97 Å². The molecule has 0 aliphatic heterocycles. The molecule has 0 aliphatic carbocycles. The van der Waals surface area contributed by atoms with Gasteiger partial charge in [-0.1, -0.05) is 44.4 Å². The maximum atomic E-state index is 13.0. The predicted octanol–water partition coefficient (Wildman–Crippen LogP) is 4.30. The van der Waals surface area contributed by atoms with E-state index in [1.54, 1.807) is 49.5 Å². The summed E-state index contributed by atoms with van der Waals surface area (Å²) in [6, 6.07) is 13.8. The molecule has 0 spiro atoms. The number of hydrogen-bond donors (Lipinski definition) is 1. The topological polar surface area (TPSA) is 83.5 Å². The molecule has 0 saturated carbocycles. The fourth-order valence-electron chi connectivity index (χ4n) is 3.16. The zero-order chi connectivity index (χ0) is 20.8. The Morgan fingerprint density at radius 1 is 1.03 bits per heavy atom. The van der Waals surface area contributed by atoms with Crippen LogP contribution in [0.4, 0.5) is 5.69 Å². The lowest BCUT2D eigenvalue weighted by atomic mass is 10.1. The van der Waals surface area contributed by atoms with Gasteiger partial charge in [-0.2, -0.15) is 0 Å². The zero-order valence-electron chi connectivity index (χ0n) is 16.8. The second-order valence-electron chi connectivity index (χ2n) is 6.96. The number of anilines is 1. The quantitative estimate of drug-likeness (QED) is 0.350. The Hall–Kier alpha value is -3.28. The number of carbonyl (C=O) groups excluding carboxylic acids is 1. The molecule has 0 fully saturated rings. The first-order valence-corrected chi connectivity index (χ1v) is 9.85. The van der Waals surface area contributed by atoms with Crippen LogP contribution in [-0.4, -0.2) is 17.1 Å². The Bertz CT molecular complexity index is 1060. The van der Waals surface area contributed by atoms with Gasteiger partial charge in [0.15, 0.2) is 5.75 Å². The van der Waals surface area contributed by atoms with Crippen molar-refractivity contribution in [2.75, 3.05) is 12.3 Å². The number of nitrogens with zero attached hydrogens (tertiary/aromatic N) is 1.